The number of aryl methyl sites for hydroxylation is 2. The maximum absolute atomic E-state index is 11.6. The lowest BCUT2D eigenvalue weighted by Gasteiger charge is -2.17. The predicted molar refractivity (Wildman–Crippen MR) is 89.2 cm³/mol. The van der Waals surface area contributed by atoms with Crippen molar-refractivity contribution in [3.8, 4) is 0 Å². The lowest BCUT2D eigenvalue weighted by Crippen LogP contribution is -2.28. The second kappa shape index (κ2) is 7.08. The number of hydrogen-bond acceptors (Lipinski definition) is 6. The quantitative estimate of drug-likeness (QED) is 0.906. The molecule has 3 rings (SSSR count). The molecule has 0 saturated carbocycles. The van der Waals surface area contributed by atoms with Crippen molar-refractivity contribution in [2.24, 2.45) is 0 Å². The lowest BCUT2D eigenvalue weighted by atomic mass is 10.3. The summed E-state index contributed by atoms with van der Waals surface area (Å²) in [6.07, 6.45) is 2.99. The Balaban J connectivity index is 1.63. The summed E-state index contributed by atoms with van der Waals surface area (Å²) >= 11 is 1.60. The Morgan fingerprint density at radius 2 is 2.26 bits per heavy atom. The maximum atomic E-state index is 11.6. The van der Waals surface area contributed by atoms with Gasteiger partial charge in [0.15, 0.2) is 0 Å². The summed E-state index contributed by atoms with van der Waals surface area (Å²) in [5.41, 5.74) is 2.07. The summed E-state index contributed by atoms with van der Waals surface area (Å²) in [4.78, 5) is 13.5. The maximum Gasteiger partial charge on any atom is 0.219 e. The molecule has 1 aliphatic heterocycles. The molecule has 23 heavy (non-hydrogen) atoms. The molecule has 7 nitrogen and oxygen atoms in total. The van der Waals surface area contributed by atoms with Crippen LogP contribution in [0.3, 0.4) is 0 Å². The number of nitrogens with zero attached hydrogens (tertiary/aromatic N) is 5. The number of rotatable bonds is 5. The number of hydrogen-bond donors (Lipinski definition) is 1. The fourth-order valence-corrected chi connectivity index (χ4v) is 3.52. The average molecular weight is 334 g/mol. The van der Waals surface area contributed by atoms with Gasteiger partial charge >= 0.3 is 0 Å². The van der Waals surface area contributed by atoms with E-state index < -0.39 is 0 Å². The van der Waals surface area contributed by atoms with Crippen LogP contribution in [0.1, 0.15) is 43.1 Å². The Labute approximate surface area is 139 Å². The fraction of sp³-hybridized carbons (Fsp3) is 0.600. The van der Waals surface area contributed by atoms with Crippen LogP contribution in [0.4, 0.5) is 5.13 Å². The van der Waals surface area contributed by atoms with Crippen molar-refractivity contribution in [1.29, 1.82) is 0 Å². The number of nitrogens with one attached hydrogen (secondary N) is 1. The van der Waals surface area contributed by atoms with Crippen LogP contribution in [0.15, 0.2) is 6.07 Å². The molecule has 0 atom stereocenters. The molecule has 124 valence electrons. The highest BCUT2D eigenvalue weighted by Crippen LogP contribution is 2.18. The van der Waals surface area contributed by atoms with E-state index in [4.69, 9.17) is 0 Å². The number of carbonyl (C=O) groups is 1. The summed E-state index contributed by atoms with van der Waals surface area (Å²) in [5, 5.41) is 18.1. The topological polar surface area (TPSA) is 75.9 Å². The van der Waals surface area contributed by atoms with Gasteiger partial charge in [0.25, 0.3) is 0 Å². The van der Waals surface area contributed by atoms with Crippen molar-refractivity contribution in [2.75, 3.05) is 11.9 Å². The standard InChI is InChI=1S/C15H22N6OS/c1-3-5-14-17-18-15(23-14)16-9-12-8-13-10-20(11(2)22)6-4-7-21(13)19-12/h8H,3-7,9-10H2,1-2H3,(H,16,18). The first-order chi connectivity index (χ1) is 11.2. The monoisotopic (exact) mass is 334 g/mol. The molecule has 0 aliphatic carbocycles. The van der Waals surface area contributed by atoms with Crippen LogP contribution in [0.5, 0.6) is 0 Å². The van der Waals surface area contributed by atoms with E-state index in [1.165, 1.54) is 0 Å². The van der Waals surface area contributed by atoms with Gasteiger partial charge in [0.2, 0.25) is 11.0 Å². The van der Waals surface area contributed by atoms with Crippen molar-refractivity contribution in [3.63, 3.8) is 0 Å². The van der Waals surface area contributed by atoms with E-state index in [-0.39, 0.29) is 5.91 Å². The van der Waals surface area contributed by atoms with Gasteiger partial charge in [-0.05, 0) is 18.9 Å². The van der Waals surface area contributed by atoms with Crippen LogP contribution in [0, 0.1) is 0 Å². The molecule has 0 radical (unpaired) electrons. The van der Waals surface area contributed by atoms with Crippen molar-refractivity contribution >= 4 is 22.4 Å². The molecule has 0 spiro atoms. The average Bonchev–Trinajstić information content (AvgIpc) is 3.07. The van der Waals surface area contributed by atoms with Gasteiger partial charge in [-0.15, -0.1) is 10.2 Å². The Kier molecular flexibility index (Phi) is 4.90. The fourth-order valence-electron chi connectivity index (χ4n) is 2.68. The normalized spacial score (nSPS) is 14.4. The number of fused-ring (bicyclic) bond motifs is 1. The van der Waals surface area contributed by atoms with Crippen molar-refractivity contribution in [1.82, 2.24) is 24.9 Å². The van der Waals surface area contributed by atoms with Crippen molar-refractivity contribution < 1.29 is 4.79 Å². The molecule has 1 aliphatic rings. The molecule has 0 bridgehead atoms. The number of anilines is 1. The van der Waals surface area contributed by atoms with E-state index >= 15 is 0 Å². The van der Waals surface area contributed by atoms with E-state index in [1.807, 2.05) is 9.58 Å². The summed E-state index contributed by atoms with van der Waals surface area (Å²) in [5.74, 6) is 0.122. The first-order valence-corrected chi connectivity index (χ1v) is 8.84. The smallest absolute Gasteiger partial charge is 0.219 e. The third kappa shape index (κ3) is 3.87. The van der Waals surface area contributed by atoms with E-state index in [0.717, 1.165) is 53.9 Å². The van der Waals surface area contributed by atoms with E-state index in [9.17, 15) is 4.79 Å². The molecule has 8 heteroatoms. The Hall–Kier alpha value is -1.96. The number of carbonyl (C=O) groups excluding carboxylic acids is 1. The number of amides is 1. The van der Waals surface area contributed by atoms with Crippen LogP contribution < -0.4 is 5.32 Å². The molecule has 0 saturated heterocycles. The third-order valence-electron chi connectivity index (χ3n) is 3.86. The molecular formula is C15H22N6OS. The van der Waals surface area contributed by atoms with Crippen molar-refractivity contribution in [3.05, 3.63) is 22.5 Å². The van der Waals surface area contributed by atoms with Crippen LogP contribution >= 0.6 is 11.3 Å². The van der Waals surface area contributed by atoms with Crippen LogP contribution in [0.2, 0.25) is 0 Å². The zero-order valence-electron chi connectivity index (χ0n) is 13.6. The van der Waals surface area contributed by atoms with E-state index in [0.29, 0.717) is 13.1 Å². The number of aromatic nitrogens is 4. The highest BCUT2D eigenvalue weighted by Gasteiger charge is 2.18. The van der Waals surface area contributed by atoms with E-state index in [1.54, 1.807) is 18.3 Å². The second-order valence-corrected chi connectivity index (χ2v) is 6.81. The Morgan fingerprint density at radius 3 is 3.04 bits per heavy atom. The summed E-state index contributed by atoms with van der Waals surface area (Å²) in [6, 6.07) is 2.07. The molecule has 0 unspecified atom stereocenters. The zero-order valence-corrected chi connectivity index (χ0v) is 14.4. The first kappa shape index (κ1) is 15.9. The van der Waals surface area contributed by atoms with Gasteiger partial charge in [-0.25, -0.2) is 0 Å². The minimum atomic E-state index is 0.122. The van der Waals surface area contributed by atoms with Crippen molar-refractivity contribution in [2.45, 2.75) is 52.7 Å². The van der Waals surface area contributed by atoms with Gasteiger partial charge in [-0.3, -0.25) is 9.48 Å². The Bertz CT molecular complexity index is 679. The predicted octanol–water partition coefficient (Wildman–Crippen LogP) is 2.05. The minimum absolute atomic E-state index is 0.122. The summed E-state index contributed by atoms with van der Waals surface area (Å²) < 4.78 is 2.02. The largest absolute Gasteiger partial charge is 0.354 e. The third-order valence-corrected chi connectivity index (χ3v) is 4.80. The first-order valence-electron chi connectivity index (χ1n) is 8.03. The molecule has 1 N–H and O–H groups in total. The van der Waals surface area contributed by atoms with Crippen LogP contribution in [-0.2, 0) is 30.8 Å². The molecule has 1 amide bonds. The second-order valence-electron chi connectivity index (χ2n) is 5.75. The minimum Gasteiger partial charge on any atom is -0.354 e. The van der Waals surface area contributed by atoms with Gasteiger partial charge in [0.1, 0.15) is 5.01 Å². The van der Waals surface area contributed by atoms with Gasteiger partial charge in [0, 0.05) is 26.4 Å². The van der Waals surface area contributed by atoms with Crippen LogP contribution in [-0.4, -0.2) is 37.3 Å². The molecule has 3 heterocycles. The van der Waals surface area contributed by atoms with Gasteiger partial charge in [0.05, 0.1) is 24.5 Å². The van der Waals surface area contributed by atoms with Gasteiger partial charge in [-0.1, -0.05) is 18.3 Å². The Morgan fingerprint density at radius 1 is 1.39 bits per heavy atom. The van der Waals surface area contributed by atoms with Crippen LogP contribution in [0.25, 0.3) is 0 Å². The molecule has 0 fully saturated rings. The highest BCUT2D eigenvalue weighted by molar-refractivity contribution is 7.15. The van der Waals surface area contributed by atoms with Gasteiger partial charge < -0.3 is 10.2 Å². The summed E-state index contributed by atoms with van der Waals surface area (Å²) in [6.45, 7) is 6.69. The molecule has 2 aromatic heterocycles. The SMILES string of the molecule is CCCc1nnc(NCc2cc3n(n2)CCCN(C(C)=O)C3)s1. The molecule has 2 aromatic rings. The summed E-state index contributed by atoms with van der Waals surface area (Å²) in [7, 11) is 0. The molecular weight excluding hydrogens is 312 g/mol. The van der Waals surface area contributed by atoms with Gasteiger partial charge in [-0.2, -0.15) is 5.10 Å². The molecule has 0 aromatic carbocycles. The zero-order chi connectivity index (χ0) is 16.2. The highest BCUT2D eigenvalue weighted by atomic mass is 32.1. The lowest BCUT2D eigenvalue weighted by molar-refractivity contribution is -0.129. The van der Waals surface area contributed by atoms with E-state index in [2.05, 4.69) is 33.6 Å².